The molecule has 1 amide bonds. The van der Waals surface area contributed by atoms with Crippen molar-refractivity contribution in [3.8, 4) is 5.75 Å². The monoisotopic (exact) mass is 397 g/mol. The molecule has 0 saturated carbocycles. The van der Waals surface area contributed by atoms with Crippen molar-refractivity contribution >= 4 is 30.7 Å². The Bertz CT molecular complexity index is 677. The average Bonchev–Trinajstić information content (AvgIpc) is 2.67. The lowest BCUT2D eigenvalue weighted by atomic mass is 10.0. The van der Waals surface area contributed by atoms with Crippen LogP contribution >= 0.6 is 24.8 Å². The summed E-state index contributed by atoms with van der Waals surface area (Å²) < 4.78 is 5.78. The molecule has 3 rings (SSSR count). The van der Waals surface area contributed by atoms with Crippen molar-refractivity contribution in [3.05, 3.63) is 59.9 Å². The first-order valence-electron chi connectivity index (χ1n) is 8.34. The fraction of sp³-hybridized carbons (Fsp3) is 0.368. The Morgan fingerprint density at radius 2 is 2.00 bits per heavy atom. The van der Waals surface area contributed by atoms with Crippen molar-refractivity contribution in [1.29, 1.82) is 0 Å². The van der Waals surface area contributed by atoms with E-state index in [0.29, 0.717) is 24.0 Å². The van der Waals surface area contributed by atoms with Gasteiger partial charge in [-0.1, -0.05) is 12.1 Å². The molecule has 142 valence electrons. The molecule has 1 N–H and O–H groups in total. The minimum Gasteiger partial charge on any atom is -0.489 e. The summed E-state index contributed by atoms with van der Waals surface area (Å²) in [6.07, 6.45) is 5.51. The van der Waals surface area contributed by atoms with Gasteiger partial charge < -0.3 is 15.0 Å². The molecule has 7 heteroatoms. The van der Waals surface area contributed by atoms with Crippen molar-refractivity contribution in [1.82, 2.24) is 15.2 Å². The molecule has 1 aliphatic rings. The first-order chi connectivity index (χ1) is 11.8. The van der Waals surface area contributed by atoms with Crippen molar-refractivity contribution < 1.29 is 9.53 Å². The predicted octanol–water partition coefficient (Wildman–Crippen LogP) is 3.33. The van der Waals surface area contributed by atoms with E-state index in [1.807, 2.05) is 48.3 Å². The summed E-state index contributed by atoms with van der Waals surface area (Å²) in [7, 11) is 1.98. The number of pyridine rings is 1. The third-order valence-corrected chi connectivity index (χ3v) is 4.40. The molecule has 0 atom stereocenters. The molecule has 26 heavy (non-hydrogen) atoms. The minimum atomic E-state index is 0. The Hall–Kier alpha value is -1.82. The van der Waals surface area contributed by atoms with Crippen LogP contribution < -0.4 is 10.1 Å². The molecule has 1 aliphatic heterocycles. The molecule has 2 aromatic rings. The van der Waals surface area contributed by atoms with E-state index in [2.05, 4.69) is 10.3 Å². The van der Waals surface area contributed by atoms with Gasteiger partial charge in [0, 0.05) is 42.7 Å². The van der Waals surface area contributed by atoms with Crippen LogP contribution in [0.4, 0.5) is 0 Å². The second-order valence-corrected chi connectivity index (χ2v) is 6.03. The number of carbonyl (C=O) groups excluding carboxylic acids is 1. The Morgan fingerprint density at radius 1 is 1.23 bits per heavy atom. The highest BCUT2D eigenvalue weighted by molar-refractivity contribution is 5.94. The van der Waals surface area contributed by atoms with Gasteiger partial charge in [0.15, 0.2) is 0 Å². The van der Waals surface area contributed by atoms with E-state index in [1.165, 1.54) is 0 Å². The van der Waals surface area contributed by atoms with Gasteiger partial charge >= 0.3 is 0 Å². The Kier molecular flexibility index (Phi) is 9.41. The van der Waals surface area contributed by atoms with Gasteiger partial charge in [0.2, 0.25) is 0 Å². The highest BCUT2D eigenvalue weighted by atomic mass is 35.5. The minimum absolute atomic E-state index is 0. The predicted molar refractivity (Wildman–Crippen MR) is 107 cm³/mol. The molecule has 0 aliphatic carbocycles. The number of likely N-dealkylation sites (tertiary alicyclic amines) is 1. The number of carbonyl (C=O) groups is 1. The van der Waals surface area contributed by atoms with Crippen LogP contribution in [0.5, 0.6) is 5.75 Å². The molecule has 1 aromatic carbocycles. The van der Waals surface area contributed by atoms with E-state index in [1.54, 1.807) is 12.4 Å². The zero-order valence-electron chi connectivity index (χ0n) is 14.8. The summed E-state index contributed by atoms with van der Waals surface area (Å²) in [5.74, 6) is 0.784. The van der Waals surface area contributed by atoms with Crippen molar-refractivity contribution in [2.45, 2.75) is 25.5 Å². The number of hydrogen-bond acceptors (Lipinski definition) is 4. The smallest absolute Gasteiger partial charge is 0.253 e. The van der Waals surface area contributed by atoms with E-state index >= 15 is 0 Å². The number of piperidine rings is 1. The second kappa shape index (κ2) is 11.0. The lowest BCUT2D eigenvalue weighted by Crippen LogP contribution is -2.43. The van der Waals surface area contributed by atoms with Crippen LogP contribution in [0.25, 0.3) is 0 Å². The van der Waals surface area contributed by atoms with Crippen LogP contribution in [0.15, 0.2) is 48.8 Å². The van der Waals surface area contributed by atoms with Crippen molar-refractivity contribution in [2.75, 3.05) is 20.1 Å². The van der Waals surface area contributed by atoms with Gasteiger partial charge in [0.1, 0.15) is 12.4 Å². The maximum Gasteiger partial charge on any atom is 0.253 e. The van der Waals surface area contributed by atoms with Crippen molar-refractivity contribution in [2.24, 2.45) is 0 Å². The number of rotatable bonds is 5. The van der Waals surface area contributed by atoms with Gasteiger partial charge in [0.25, 0.3) is 5.91 Å². The number of hydrogen-bond donors (Lipinski definition) is 1. The third kappa shape index (κ3) is 5.87. The molecule has 0 radical (unpaired) electrons. The first kappa shape index (κ1) is 22.2. The van der Waals surface area contributed by atoms with Gasteiger partial charge in [-0.2, -0.15) is 0 Å². The van der Waals surface area contributed by atoms with E-state index in [-0.39, 0.29) is 30.7 Å². The third-order valence-electron chi connectivity index (χ3n) is 4.40. The lowest BCUT2D eigenvalue weighted by Gasteiger charge is -2.31. The zero-order chi connectivity index (χ0) is 16.8. The number of benzene rings is 1. The van der Waals surface area contributed by atoms with Crippen LogP contribution in [-0.2, 0) is 6.61 Å². The summed E-state index contributed by atoms with van der Waals surface area (Å²) in [4.78, 5) is 18.7. The van der Waals surface area contributed by atoms with Gasteiger partial charge in [-0.25, -0.2) is 0 Å². The second-order valence-electron chi connectivity index (χ2n) is 6.03. The quantitative estimate of drug-likeness (QED) is 0.840. The SMILES string of the molecule is CNC1CCN(C(=O)c2cccc(OCc3cccnc3)c2)CC1.Cl.Cl. The maximum atomic E-state index is 12.7. The number of ether oxygens (including phenoxy) is 1. The van der Waals surface area contributed by atoms with E-state index in [0.717, 1.165) is 31.5 Å². The van der Waals surface area contributed by atoms with Crippen LogP contribution in [0.1, 0.15) is 28.8 Å². The van der Waals surface area contributed by atoms with Gasteiger partial charge in [-0.3, -0.25) is 9.78 Å². The van der Waals surface area contributed by atoms with Crippen LogP contribution in [0.2, 0.25) is 0 Å². The molecule has 1 fully saturated rings. The number of nitrogens with zero attached hydrogens (tertiary/aromatic N) is 2. The largest absolute Gasteiger partial charge is 0.489 e. The number of amides is 1. The molecular weight excluding hydrogens is 373 g/mol. The lowest BCUT2D eigenvalue weighted by molar-refractivity contribution is 0.0707. The van der Waals surface area contributed by atoms with Crippen LogP contribution in [0.3, 0.4) is 0 Å². The van der Waals surface area contributed by atoms with Crippen molar-refractivity contribution in [3.63, 3.8) is 0 Å². The molecule has 0 bridgehead atoms. The number of nitrogens with one attached hydrogen (secondary N) is 1. The standard InChI is InChI=1S/C19H23N3O2.2ClH/c1-20-17-7-10-22(11-8-17)19(23)16-5-2-6-18(12-16)24-14-15-4-3-9-21-13-15;;/h2-6,9,12-13,17,20H,7-8,10-11,14H2,1H3;2*1H. The average molecular weight is 398 g/mol. The fourth-order valence-corrected chi connectivity index (χ4v) is 2.92. The molecule has 1 saturated heterocycles. The molecular formula is C19H25Cl2N3O2. The normalized spacial score (nSPS) is 14.1. The summed E-state index contributed by atoms with van der Waals surface area (Å²) in [6, 6.07) is 11.8. The highest BCUT2D eigenvalue weighted by Gasteiger charge is 2.22. The van der Waals surface area contributed by atoms with Crippen LogP contribution in [-0.4, -0.2) is 42.0 Å². The summed E-state index contributed by atoms with van der Waals surface area (Å²) in [5.41, 5.74) is 1.69. The van der Waals surface area contributed by atoms with E-state index in [4.69, 9.17) is 4.74 Å². The van der Waals surface area contributed by atoms with E-state index in [9.17, 15) is 4.79 Å². The zero-order valence-corrected chi connectivity index (χ0v) is 16.4. The number of halogens is 2. The molecule has 5 nitrogen and oxygen atoms in total. The highest BCUT2D eigenvalue weighted by Crippen LogP contribution is 2.19. The van der Waals surface area contributed by atoms with E-state index < -0.39 is 0 Å². The molecule has 0 unspecified atom stereocenters. The molecule has 1 aromatic heterocycles. The topological polar surface area (TPSA) is 54.5 Å². The summed E-state index contributed by atoms with van der Waals surface area (Å²) >= 11 is 0. The van der Waals surface area contributed by atoms with Gasteiger partial charge in [-0.15, -0.1) is 24.8 Å². The maximum absolute atomic E-state index is 12.7. The Balaban J connectivity index is 0.00000169. The summed E-state index contributed by atoms with van der Waals surface area (Å²) in [5, 5.41) is 3.28. The van der Waals surface area contributed by atoms with Crippen LogP contribution in [0, 0.1) is 0 Å². The molecule has 0 spiro atoms. The number of aromatic nitrogens is 1. The Morgan fingerprint density at radius 3 is 2.65 bits per heavy atom. The fourth-order valence-electron chi connectivity index (χ4n) is 2.92. The molecule has 2 heterocycles. The summed E-state index contributed by atoms with van der Waals surface area (Å²) in [6.45, 7) is 2.04. The Labute approximate surface area is 167 Å². The first-order valence-corrected chi connectivity index (χ1v) is 8.34. The van der Waals surface area contributed by atoms with Gasteiger partial charge in [-0.05, 0) is 44.2 Å². The van der Waals surface area contributed by atoms with Gasteiger partial charge in [0.05, 0.1) is 0 Å².